The highest BCUT2D eigenvalue weighted by molar-refractivity contribution is 7.09. The van der Waals surface area contributed by atoms with Gasteiger partial charge in [0, 0.05) is 16.3 Å². The number of nitrogens with one attached hydrogen (secondary N) is 1. The third-order valence-corrected chi connectivity index (χ3v) is 4.82. The lowest BCUT2D eigenvalue weighted by Crippen LogP contribution is -2.24. The molecule has 24 heavy (non-hydrogen) atoms. The second-order valence-electron chi connectivity index (χ2n) is 5.66. The van der Waals surface area contributed by atoms with Crippen LogP contribution in [0.5, 0.6) is 0 Å². The zero-order valence-corrected chi connectivity index (χ0v) is 14.6. The van der Waals surface area contributed by atoms with Gasteiger partial charge in [-0.3, -0.25) is 9.63 Å². The summed E-state index contributed by atoms with van der Waals surface area (Å²) in [7, 11) is 0. The van der Waals surface area contributed by atoms with Crippen molar-refractivity contribution in [2.45, 2.75) is 27.0 Å². The fourth-order valence-electron chi connectivity index (χ4n) is 2.65. The molecule has 4 nitrogen and oxygen atoms in total. The molecule has 0 aliphatic rings. The summed E-state index contributed by atoms with van der Waals surface area (Å²) in [4.78, 5) is 19.0. The number of aromatic nitrogens is 1. The minimum absolute atomic E-state index is 0.212. The zero-order chi connectivity index (χ0) is 16.9. The van der Waals surface area contributed by atoms with E-state index in [0.29, 0.717) is 12.2 Å². The molecule has 5 heteroatoms. The van der Waals surface area contributed by atoms with Crippen molar-refractivity contribution in [2.24, 2.45) is 0 Å². The van der Waals surface area contributed by atoms with Gasteiger partial charge >= 0.3 is 0 Å². The number of benzene rings is 1. The molecule has 0 fully saturated rings. The number of amides is 1. The first-order valence-corrected chi connectivity index (χ1v) is 8.68. The van der Waals surface area contributed by atoms with Crippen LogP contribution in [0.4, 0.5) is 0 Å². The highest BCUT2D eigenvalue weighted by atomic mass is 32.1. The molecular formula is C19H20N2O2S. The van der Waals surface area contributed by atoms with E-state index in [0.717, 1.165) is 23.5 Å². The number of hydrogen-bond donors (Lipinski definition) is 1. The van der Waals surface area contributed by atoms with Crippen molar-refractivity contribution in [3.05, 3.63) is 81.3 Å². The van der Waals surface area contributed by atoms with E-state index < -0.39 is 0 Å². The fraction of sp³-hybridized carbons (Fsp3) is 0.211. The van der Waals surface area contributed by atoms with Gasteiger partial charge in [-0.05, 0) is 36.9 Å². The Morgan fingerprint density at radius 2 is 1.96 bits per heavy atom. The normalized spacial score (nSPS) is 10.8. The lowest BCUT2D eigenvalue weighted by Gasteiger charge is -2.09. The van der Waals surface area contributed by atoms with E-state index in [1.165, 1.54) is 4.88 Å². The number of hydrogen-bond acceptors (Lipinski definition) is 3. The van der Waals surface area contributed by atoms with Crippen LogP contribution in [0.2, 0.25) is 0 Å². The van der Waals surface area contributed by atoms with Crippen molar-refractivity contribution in [3.8, 4) is 0 Å². The van der Waals surface area contributed by atoms with Crippen LogP contribution in [-0.2, 0) is 18.0 Å². The van der Waals surface area contributed by atoms with Crippen LogP contribution in [-0.4, -0.2) is 10.5 Å². The van der Waals surface area contributed by atoms with E-state index in [4.69, 9.17) is 4.84 Å². The molecule has 0 aliphatic heterocycles. The Labute approximate surface area is 145 Å². The minimum atomic E-state index is -0.212. The first kappa shape index (κ1) is 16.5. The van der Waals surface area contributed by atoms with Gasteiger partial charge in [-0.15, -0.1) is 11.3 Å². The molecule has 3 aromatic rings. The minimum Gasteiger partial charge on any atom is -0.343 e. The van der Waals surface area contributed by atoms with Gasteiger partial charge < -0.3 is 4.57 Å². The summed E-state index contributed by atoms with van der Waals surface area (Å²) >= 11 is 1.72. The number of thiophene rings is 1. The monoisotopic (exact) mass is 340 g/mol. The third kappa shape index (κ3) is 3.75. The van der Waals surface area contributed by atoms with Crippen molar-refractivity contribution < 1.29 is 9.63 Å². The molecular weight excluding hydrogens is 320 g/mol. The average Bonchev–Trinajstić information content (AvgIpc) is 3.19. The molecule has 3 rings (SSSR count). The van der Waals surface area contributed by atoms with Crippen molar-refractivity contribution in [3.63, 3.8) is 0 Å². The maximum atomic E-state index is 12.4. The van der Waals surface area contributed by atoms with Gasteiger partial charge in [0.1, 0.15) is 0 Å². The number of nitrogens with zero attached hydrogens (tertiary/aromatic N) is 1. The van der Waals surface area contributed by atoms with Crippen LogP contribution in [0.25, 0.3) is 0 Å². The molecule has 0 saturated carbocycles. The number of carbonyl (C=O) groups is 1. The Hall–Kier alpha value is -2.37. The molecule has 1 aromatic carbocycles. The third-order valence-electron chi connectivity index (χ3n) is 3.96. The second-order valence-corrected chi connectivity index (χ2v) is 6.69. The summed E-state index contributed by atoms with van der Waals surface area (Å²) in [5, 5.41) is 2.06. The van der Waals surface area contributed by atoms with Crippen molar-refractivity contribution in [1.29, 1.82) is 0 Å². The van der Waals surface area contributed by atoms with Crippen molar-refractivity contribution in [2.75, 3.05) is 0 Å². The Kier molecular flexibility index (Phi) is 5.13. The Morgan fingerprint density at radius 3 is 2.67 bits per heavy atom. The van der Waals surface area contributed by atoms with E-state index in [2.05, 4.69) is 21.5 Å². The number of rotatable bonds is 6. The number of aryl methyl sites for hydroxylation is 1. The van der Waals surface area contributed by atoms with E-state index in [1.807, 2.05) is 56.3 Å². The van der Waals surface area contributed by atoms with Gasteiger partial charge in [-0.2, -0.15) is 0 Å². The number of hydroxylamine groups is 1. The van der Waals surface area contributed by atoms with E-state index in [-0.39, 0.29) is 5.91 Å². The lowest BCUT2D eigenvalue weighted by atomic mass is 10.2. The van der Waals surface area contributed by atoms with Crippen molar-refractivity contribution >= 4 is 17.2 Å². The summed E-state index contributed by atoms with van der Waals surface area (Å²) in [6.45, 7) is 5.11. The molecule has 0 unspecified atom stereocenters. The fourth-order valence-corrected chi connectivity index (χ4v) is 3.34. The van der Waals surface area contributed by atoms with Crippen LogP contribution >= 0.6 is 11.3 Å². The molecule has 0 bridgehead atoms. The Balaban J connectivity index is 1.64. The first-order chi connectivity index (χ1) is 11.6. The standard InChI is InChI=1S/C19H20N2O2S/c1-14-11-18(15(2)21(14)12-17-9-6-10-24-17)19(22)20-23-13-16-7-4-3-5-8-16/h3-11H,12-13H2,1-2H3,(H,20,22). The highest BCUT2D eigenvalue weighted by Gasteiger charge is 2.16. The predicted molar refractivity (Wildman–Crippen MR) is 96.0 cm³/mol. The van der Waals surface area contributed by atoms with Crippen LogP contribution in [0.1, 0.15) is 32.2 Å². The summed E-state index contributed by atoms with van der Waals surface area (Å²) in [6.07, 6.45) is 0. The Bertz CT molecular complexity index is 808. The van der Waals surface area contributed by atoms with Crippen LogP contribution < -0.4 is 5.48 Å². The molecule has 0 atom stereocenters. The summed E-state index contributed by atoms with van der Waals surface area (Å²) < 4.78 is 2.15. The quantitative estimate of drug-likeness (QED) is 0.687. The van der Waals surface area contributed by atoms with Gasteiger partial charge in [-0.1, -0.05) is 36.4 Å². The van der Waals surface area contributed by atoms with Crippen LogP contribution in [0, 0.1) is 13.8 Å². The SMILES string of the molecule is Cc1cc(C(=O)NOCc2ccccc2)c(C)n1Cc1cccs1. The van der Waals surface area contributed by atoms with E-state index in [9.17, 15) is 4.79 Å². The van der Waals surface area contributed by atoms with E-state index in [1.54, 1.807) is 11.3 Å². The summed E-state index contributed by atoms with van der Waals surface area (Å²) in [5.74, 6) is -0.212. The molecule has 0 aliphatic carbocycles. The lowest BCUT2D eigenvalue weighted by molar-refractivity contribution is 0.0233. The van der Waals surface area contributed by atoms with Gasteiger partial charge in [-0.25, -0.2) is 5.48 Å². The average molecular weight is 340 g/mol. The van der Waals surface area contributed by atoms with E-state index >= 15 is 0 Å². The molecule has 2 aromatic heterocycles. The van der Waals surface area contributed by atoms with Crippen LogP contribution in [0.15, 0.2) is 53.9 Å². The smallest absolute Gasteiger partial charge is 0.276 e. The molecule has 1 amide bonds. The highest BCUT2D eigenvalue weighted by Crippen LogP contribution is 2.19. The second kappa shape index (κ2) is 7.47. The molecule has 124 valence electrons. The molecule has 2 heterocycles. The topological polar surface area (TPSA) is 43.3 Å². The molecule has 0 spiro atoms. The molecule has 0 saturated heterocycles. The predicted octanol–water partition coefficient (Wildman–Crippen LogP) is 4.08. The van der Waals surface area contributed by atoms with Gasteiger partial charge in [0.15, 0.2) is 0 Å². The maximum absolute atomic E-state index is 12.4. The summed E-state index contributed by atoms with van der Waals surface area (Å²) in [5.41, 5.74) is 6.21. The first-order valence-electron chi connectivity index (χ1n) is 7.80. The Morgan fingerprint density at radius 1 is 1.17 bits per heavy atom. The largest absolute Gasteiger partial charge is 0.343 e. The van der Waals surface area contributed by atoms with Crippen LogP contribution in [0.3, 0.4) is 0 Å². The zero-order valence-electron chi connectivity index (χ0n) is 13.8. The van der Waals surface area contributed by atoms with Gasteiger partial charge in [0.05, 0.1) is 18.7 Å². The number of carbonyl (C=O) groups excluding carboxylic acids is 1. The molecule has 0 radical (unpaired) electrons. The van der Waals surface area contributed by atoms with Gasteiger partial charge in [0.2, 0.25) is 0 Å². The van der Waals surface area contributed by atoms with Crippen molar-refractivity contribution in [1.82, 2.24) is 10.0 Å². The summed E-state index contributed by atoms with van der Waals surface area (Å²) in [6, 6.07) is 15.8. The molecule has 1 N–H and O–H groups in total. The van der Waals surface area contributed by atoms with Gasteiger partial charge in [0.25, 0.3) is 5.91 Å². The maximum Gasteiger partial charge on any atom is 0.276 e.